The second-order valence-electron chi connectivity index (χ2n) is 5.08. The highest BCUT2D eigenvalue weighted by Gasteiger charge is 2.06. The van der Waals surface area contributed by atoms with Crippen LogP contribution in [0.5, 0.6) is 5.88 Å². The Morgan fingerprint density at radius 3 is 2.61 bits per heavy atom. The smallest absolute Gasteiger partial charge is 0.233 e. The van der Waals surface area contributed by atoms with Crippen LogP contribution >= 0.6 is 0 Å². The molecular weight excluding hydrogens is 288 g/mol. The molecule has 2 heterocycles. The van der Waals surface area contributed by atoms with E-state index in [0.29, 0.717) is 5.88 Å². The first-order chi connectivity index (χ1) is 11.3. The molecule has 0 amide bonds. The third kappa shape index (κ3) is 3.45. The van der Waals surface area contributed by atoms with Gasteiger partial charge in [0.15, 0.2) is 0 Å². The van der Waals surface area contributed by atoms with Gasteiger partial charge in [0.2, 0.25) is 5.88 Å². The summed E-state index contributed by atoms with van der Waals surface area (Å²) in [6, 6.07) is 13.8. The fourth-order valence-electron chi connectivity index (χ4n) is 2.28. The van der Waals surface area contributed by atoms with E-state index in [1.54, 1.807) is 13.2 Å². The highest BCUT2D eigenvalue weighted by Crippen LogP contribution is 2.24. The zero-order valence-corrected chi connectivity index (χ0v) is 13.0. The van der Waals surface area contributed by atoms with E-state index in [9.17, 15) is 0 Å². The van der Waals surface area contributed by atoms with Crippen molar-refractivity contribution in [2.75, 3.05) is 7.11 Å². The lowest BCUT2D eigenvalue weighted by atomic mass is 10.1. The number of ether oxygens (including phenoxy) is 1. The van der Waals surface area contributed by atoms with Gasteiger partial charge in [0.25, 0.3) is 0 Å². The fraction of sp³-hybridized carbons (Fsp3) is 0.167. The van der Waals surface area contributed by atoms with E-state index in [-0.39, 0.29) is 0 Å². The molecule has 0 bridgehead atoms. The van der Waals surface area contributed by atoms with Gasteiger partial charge in [-0.25, -0.2) is 0 Å². The molecule has 116 valence electrons. The van der Waals surface area contributed by atoms with E-state index < -0.39 is 0 Å². The summed E-state index contributed by atoms with van der Waals surface area (Å²) in [5.74, 6) is 0.505. The maximum atomic E-state index is 5.04. The van der Waals surface area contributed by atoms with Gasteiger partial charge >= 0.3 is 0 Å². The van der Waals surface area contributed by atoms with Crippen molar-refractivity contribution in [3.05, 3.63) is 61.3 Å². The molecule has 3 rings (SSSR count). The number of nitrogens with zero attached hydrogens (tertiary/aromatic N) is 4. The first-order valence-corrected chi connectivity index (χ1v) is 7.43. The molecule has 5 heteroatoms. The Bertz CT molecular complexity index is 793. The largest absolute Gasteiger partial charge is 0.480 e. The van der Waals surface area contributed by atoms with Crippen LogP contribution in [-0.4, -0.2) is 27.1 Å². The van der Waals surface area contributed by atoms with Gasteiger partial charge in [0, 0.05) is 29.9 Å². The van der Waals surface area contributed by atoms with Gasteiger partial charge in [0.05, 0.1) is 18.5 Å². The summed E-state index contributed by atoms with van der Waals surface area (Å²) in [6.07, 6.45) is 4.78. The average molecular weight is 306 g/mol. The molecule has 0 saturated heterocycles. The normalized spacial score (nSPS) is 10.5. The fourth-order valence-corrected chi connectivity index (χ4v) is 2.28. The molecular formula is C18H18N4O. The summed E-state index contributed by atoms with van der Waals surface area (Å²) in [7, 11) is 1.58. The van der Waals surface area contributed by atoms with E-state index in [2.05, 4.69) is 27.9 Å². The lowest BCUT2D eigenvalue weighted by Gasteiger charge is -2.04. The number of hydrogen-bond acceptors (Lipinski definition) is 4. The standard InChI is InChI=1S/C18H18N4O/c1-3-4-11-22-12-10-17(21-22)15-7-5-6-14(13-15)16-8-9-18(23-2)20-19-16/h3,5-10,12-13H,1,4,11H2,2H3. The quantitative estimate of drug-likeness (QED) is 0.653. The van der Waals surface area contributed by atoms with Crippen LogP contribution in [0.3, 0.4) is 0 Å². The number of aryl methyl sites for hydroxylation is 1. The number of allylic oxidation sites excluding steroid dienone is 1. The Labute approximate surface area is 135 Å². The first kappa shape index (κ1) is 15.0. The number of rotatable bonds is 6. The van der Waals surface area contributed by atoms with Crippen molar-refractivity contribution in [2.24, 2.45) is 0 Å². The Kier molecular flexibility index (Phi) is 4.47. The van der Waals surface area contributed by atoms with Crippen LogP contribution in [-0.2, 0) is 6.54 Å². The van der Waals surface area contributed by atoms with Gasteiger partial charge in [-0.05, 0) is 24.6 Å². The minimum Gasteiger partial charge on any atom is -0.480 e. The molecule has 0 aliphatic carbocycles. The van der Waals surface area contributed by atoms with Crippen molar-refractivity contribution < 1.29 is 4.74 Å². The molecule has 3 aromatic rings. The van der Waals surface area contributed by atoms with Gasteiger partial charge in [-0.3, -0.25) is 4.68 Å². The van der Waals surface area contributed by atoms with Crippen LogP contribution in [0.15, 0.2) is 61.3 Å². The number of methoxy groups -OCH3 is 1. The molecule has 2 aromatic heterocycles. The van der Waals surface area contributed by atoms with Crippen LogP contribution in [0.1, 0.15) is 6.42 Å². The Morgan fingerprint density at radius 1 is 1.09 bits per heavy atom. The summed E-state index contributed by atoms with van der Waals surface area (Å²) in [5.41, 5.74) is 3.80. The molecule has 1 aromatic carbocycles. The van der Waals surface area contributed by atoms with Gasteiger partial charge in [-0.15, -0.1) is 16.8 Å². The van der Waals surface area contributed by atoms with Crippen molar-refractivity contribution in [1.82, 2.24) is 20.0 Å². The first-order valence-electron chi connectivity index (χ1n) is 7.43. The second kappa shape index (κ2) is 6.87. The van der Waals surface area contributed by atoms with Gasteiger partial charge in [-0.1, -0.05) is 24.3 Å². The molecule has 0 saturated carbocycles. The summed E-state index contributed by atoms with van der Waals surface area (Å²) in [5, 5.41) is 12.8. The van der Waals surface area contributed by atoms with Gasteiger partial charge < -0.3 is 4.74 Å². The molecule has 0 atom stereocenters. The number of aromatic nitrogens is 4. The molecule has 0 spiro atoms. The average Bonchev–Trinajstić information content (AvgIpc) is 3.09. The van der Waals surface area contributed by atoms with Crippen molar-refractivity contribution in [2.45, 2.75) is 13.0 Å². The van der Waals surface area contributed by atoms with Crippen LogP contribution < -0.4 is 4.74 Å². The maximum absolute atomic E-state index is 5.04. The van der Waals surface area contributed by atoms with Gasteiger partial charge in [-0.2, -0.15) is 5.10 Å². The molecule has 5 nitrogen and oxygen atoms in total. The van der Waals surface area contributed by atoms with Crippen molar-refractivity contribution >= 4 is 0 Å². The molecule has 0 N–H and O–H groups in total. The van der Waals surface area contributed by atoms with Crippen LogP contribution in [0, 0.1) is 0 Å². The van der Waals surface area contributed by atoms with Gasteiger partial charge in [0.1, 0.15) is 0 Å². The van der Waals surface area contributed by atoms with Crippen molar-refractivity contribution in [1.29, 1.82) is 0 Å². The molecule has 0 unspecified atom stereocenters. The van der Waals surface area contributed by atoms with E-state index in [1.807, 2.05) is 47.3 Å². The third-order valence-electron chi connectivity index (χ3n) is 3.51. The van der Waals surface area contributed by atoms with Crippen LogP contribution in [0.2, 0.25) is 0 Å². The topological polar surface area (TPSA) is 52.8 Å². The van der Waals surface area contributed by atoms with E-state index in [1.165, 1.54) is 0 Å². The van der Waals surface area contributed by atoms with Crippen molar-refractivity contribution in [3.63, 3.8) is 0 Å². The predicted molar refractivity (Wildman–Crippen MR) is 90.1 cm³/mol. The van der Waals surface area contributed by atoms with Crippen LogP contribution in [0.25, 0.3) is 22.5 Å². The lowest BCUT2D eigenvalue weighted by Crippen LogP contribution is -1.97. The zero-order valence-electron chi connectivity index (χ0n) is 13.0. The highest BCUT2D eigenvalue weighted by molar-refractivity contribution is 5.69. The van der Waals surface area contributed by atoms with E-state index in [0.717, 1.165) is 35.5 Å². The lowest BCUT2D eigenvalue weighted by molar-refractivity contribution is 0.392. The summed E-state index contributed by atoms with van der Waals surface area (Å²) in [4.78, 5) is 0. The van der Waals surface area contributed by atoms with Crippen LogP contribution in [0.4, 0.5) is 0 Å². The minimum absolute atomic E-state index is 0.505. The molecule has 0 radical (unpaired) electrons. The number of hydrogen-bond donors (Lipinski definition) is 0. The molecule has 0 fully saturated rings. The molecule has 0 aliphatic heterocycles. The summed E-state index contributed by atoms with van der Waals surface area (Å²) < 4.78 is 6.97. The Balaban J connectivity index is 1.86. The molecule has 23 heavy (non-hydrogen) atoms. The highest BCUT2D eigenvalue weighted by atomic mass is 16.5. The predicted octanol–water partition coefficient (Wildman–Crippen LogP) is 3.59. The van der Waals surface area contributed by atoms with E-state index >= 15 is 0 Å². The Morgan fingerprint density at radius 2 is 1.91 bits per heavy atom. The second-order valence-corrected chi connectivity index (χ2v) is 5.08. The third-order valence-corrected chi connectivity index (χ3v) is 3.51. The SMILES string of the molecule is C=CCCn1ccc(-c2cccc(-c3ccc(OC)nn3)c2)n1. The number of benzene rings is 1. The zero-order chi connectivity index (χ0) is 16.1. The van der Waals surface area contributed by atoms with Crippen molar-refractivity contribution in [3.8, 4) is 28.4 Å². The summed E-state index contributed by atoms with van der Waals surface area (Å²) in [6.45, 7) is 4.58. The molecule has 0 aliphatic rings. The van der Waals surface area contributed by atoms with E-state index in [4.69, 9.17) is 4.74 Å². The monoisotopic (exact) mass is 306 g/mol. The minimum atomic E-state index is 0.505. The summed E-state index contributed by atoms with van der Waals surface area (Å²) >= 11 is 0. The Hall–Kier alpha value is -2.95. The maximum Gasteiger partial charge on any atom is 0.233 e.